The third-order valence-corrected chi connectivity index (χ3v) is 2.75. The van der Waals surface area contributed by atoms with Gasteiger partial charge in [0.15, 0.2) is 0 Å². The fourth-order valence-electron chi connectivity index (χ4n) is 1.75. The summed E-state index contributed by atoms with van der Waals surface area (Å²) >= 11 is 0. The van der Waals surface area contributed by atoms with Crippen molar-refractivity contribution in [3.8, 4) is 0 Å². The Hall–Kier alpha value is -0.287. The van der Waals surface area contributed by atoms with Gasteiger partial charge in [0.1, 0.15) is 0 Å². The van der Waals surface area contributed by atoms with Crippen molar-refractivity contribution >= 4 is 0 Å². The molecular weight excluding hydrogens is 395 g/mol. The van der Waals surface area contributed by atoms with Gasteiger partial charge in [0.2, 0.25) is 0 Å². The topological polar surface area (TPSA) is 92.2 Å². The monoisotopic (exact) mass is 418 g/mol. The van der Waals surface area contributed by atoms with E-state index in [1.54, 1.807) is 0 Å². The van der Waals surface area contributed by atoms with Crippen molar-refractivity contribution in [3.05, 3.63) is 48.6 Å². The van der Waals surface area contributed by atoms with Crippen molar-refractivity contribution < 1.29 is 48.4 Å². The van der Waals surface area contributed by atoms with E-state index < -0.39 is 10.2 Å². The van der Waals surface area contributed by atoms with Crippen molar-refractivity contribution in [2.24, 2.45) is 0 Å². The van der Waals surface area contributed by atoms with E-state index in [9.17, 15) is 0 Å². The first-order valence-corrected chi connectivity index (χ1v) is 8.48. The van der Waals surface area contributed by atoms with Crippen molar-refractivity contribution in [2.75, 3.05) is 0 Å². The van der Waals surface area contributed by atoms with Crippen molar-refractivity contribution in [2.45, 2.75) is 51.4 Å². The quantitative estimate of drug-likeness (QED) is 0.538. The smallest absolute Gasteiger partial charge is 0.222 e. The third-order valence-electron chi connectivity index (χ3n) is 2.75. The molecule has 0 aromatic carbocycles. The van der Waals surface area contributed by atoms with E-state index in [2.05, 4.69) is 48.6 Å². The molecule has 0 aliphatic heterocycles. The van der Waals surface area contributed by atoms with Gasteiger partial charge in [0, 0.05) is 0 Å². The van der Waals surface area contributed by atoms with Crippen molar-refractivity contribution in [1.82, 2.24) is 0 Å². The van der Waals surface area contributed by atoms with E-state index >= 15 is 0 Å². The van der Waals surface area contributed by atoms with Crippen LogP contribution >= 0.6 is 0 Å². The summed E-state index contributed by atoms with van der Waals surface area (Å²) in [6.07, 6.45) is 28.0. The number of halogens is 1. The zero-order valence-corrected chi connectivity index (χ0v) is 15.0. The molecule has 22 heavy (non-hydrogen) atoms. The Morgan fingerprint density at radius 2 is 0.682 bits per heavy atom. The summed E-state index contributed by atoms with van der Waals surface area (Å²) in [6, 6.07) is 0. The van der Waals surface area contributed by atoms with Gasteiger partial charge in [-0.3, -0.25) is 0 Å². The van der Waals surface area contributed by atoms with Crippen LogP contribution in [0.2, 0.25) is 0 Å². The molecule has 0 unspecified atom stereocenters. The molecule has 0 heterocycles. The third kappa shape index (κ3) is 28.0. The summed E-state index contributed by atoms with van der Waals surface area (Å²) in [4.78, 5) is 0. The van der Waals surface area contributed by atoms with Crippen molar-refractivity contribution in [3.63, 3.8) is 0 Å². The van der Waals surface area contributed by atoms with Gasteiger partial charge in [-0.25, -0.2) is 18.6 Å². The van der Waals surface area contributed by atoms with Crippen LogP contribution in [0.4, 0.5) is 0 Å². The van der Waals surface area contributed by atoms with E-state index in [0.717, 1.165) is 0 Å². The van der Waals surface area contributed by atoms with Crippen LogP contribution in [0, 0.1) is 10.2 Å². The summed E-state index contributed by atoms with van der Waals surface area (Å²) in [7, 11) is -4.94. The number of hydrogen-bond acceptors (Lipinski definition) is 4. The van der Waals surface area contributed by atoms with Gasteiger partial charge in [-0.05, 0) is 51.4 Å². The Morgan fingerprint density at radius 1 is 0.500 bits per heavy atom. The second kappa shape index (κ2) is 17.1. The Bertz CT molecular complexity index is 285. The standard InChI is InChI=1S/2C8H12.ClHO4.Rh/c2*1-2-4-6-8-7-5-3-1;2-1(3,4)5;/h2*1-4H,5-8H2;(H,2,3,4,5);/q;;;+1/p-1/b2*3-1-,4-2-;;. The summed E-state index contributed by atoms with van der Waals surface area (Å²) in [6.45, 7) is 0. The van der Waals surface area contributed by atoms with Gasteiger partial charge in [-0.15, -0.1) is 10.2 Å². The molecule has 0 aromatic heterocycles. The fourth-order valence-corrected chi connectivity index (χ4v) is 1.75. The molecule has 128 valence electrons. The minimum absolute atomic E-state index is 0. The average molecular weight is 419 g/mol. The molecule has 2 aliphatic carbocycles. The summed E-state index contributed by atoms with van der Waals surface area (Å²) < 4.78 is 34.0. The first kappa shape index (κ1) is 24.0. The molecule has 4 nitrogen and oxygen atoms in total. The van der Waals surface area contributed by atoms with Gasteiger partial charge in [-0.1, -0.05) is 48.6 Å². The predicted molar refractivity (Wildman–Crippen MR) is 73.5 cm³/mol. The molecule has 6 heteroatoms. The van der Waals surface area contributed by atoms with E-state index in [-0.39, 0.29) is 19.5 Å². The molecule has 0 radical (unpaired) electrons. The van der Waals surface area contributed by atoms with Gasteiger partial charge < -0.3 is 0 Å². The van der Waals surface area contributed by atoms with Crippen LogP contribution in [0.25, 0.3) is 0 Å². The second-order valence-corrected chi connectivity index (χ2v) is 5.42. The number of hydrogen-bond donors (Lipinski definition) is 0. The molecule has 0 bridgehead atoms. The van der Waals surface area contributed by atoms with Crippen LogP contribution < -0.4 is 18.6 Å². The molecule has 0 N–H and O–H groups in total. The first-order chi connectivity index (χ1) is 10.0. The normalized spacial score (nSPS) is 23.1. The van der Waals surface area contributed by atoms with Gasteiger partial charge in [-0.2, -0.15) is 0 Å². The minimum Gasteiger partial charge on any atom is -0.222 e. The predicted octanol–water partition coefficient (Wildman–Crippen LogP) is 0.587. The molecule has 2 aliphatic rings. The first-order valence-electron chi connectivity index (χ1n) is 7.25. The largest absolute Gasteiger partial charge is 1.00 e. The molecule has 0 atom stereocenters. The maximum absolute atomic E-state index is 8.49. The van der Waals surface area contributed by atoms with Crippen LogP contribution in [0.3, 0.4) is 0 Å². The van der Waals surface area contributed by atoms with Gasteiger partial charge in [0.25, 0.3) is 0 Å². The van der Waals surface area contributed by atoms with Crippen LogP contribution in [0.5, 0.6) is 0 Å². The maximum Gasteiger partial charge on any atom is 1.00 e. The zero-order chi connectivity index (χ0) is 15.8. The SMILES string of the molecule is C1=C\CCCC\C=C/1.C1=C\CCCC\C=C/1.[O-][Cl+3]([O-])([O-])[O-].[Rh+]. The van der Waals surface area contributed by atoms with E-state index in [1.807, 2.05) is 0 Å². The minimum atomic E-state index is -4.94. The van der Waals surface area contributed by atoms with Crippen LogP contribution in [-0.4, -0.2) is 0 Å². The molecule has 0 spiro atoms. The molecule has 0 aromatic rings. The molecule has 2 rings (SSSR count). The Balaban J connectivity index is 0. The fraction of sp³-hybridized carbons (Fsp3) is 0.500. The summed E-state index contributed by atoms with van der Waals surface area (Å²) in [5.74, 6) is 0. The van der Waals surface area contributed by atoms with Crippen molar-refractivity contribution in [1.29, 1.82) is 0 Å². The van der Waals surface area contributed by atoms with Crippen LogP contribution in [0.1, 0.15) is 51.4 Å². The Kier molecular flexibility index (Phi) is 18.6. The Labute approximate surface area is 148 Å². The second-order valence-electron chi connectivity index (χ2n) is 4.66. The average Bonchev–Trinajstić information content (AvgIpc) is 2.24. The van der Waals surface area contributed by atoms with Crippen LogP contribution in [-0.2, 0) is 19.5 Å². The molecular formula is C16H24ClO4Rh. The van der Waals surface area contributed by atoms with Crippen LogP contribution in [0.15, 0.2) is 48.6 Å². The molecule has 0 saturated carbocycles. The number of allylic oxidation sites excluding steroid dienone is 8. The van der Waals surface area contributed by atoms with E-state index in [0.29, 0.717) is 0 Å². The molecule has 0 amide bonds. The van der Waals surface area contributed by atoms with Gasteiger partial charge >= 0.3 is 19.5 Å². The summed E-state index contributed by atoms with van der Waals surface area (Å²) in [5, 5.41) is 0. The van der Waals surface area contributed by atoms with E-state index in [4.69, 9.17) is 18.6 Å². The molecule has 0 fully saturated rings. The van der Waals surface area contributed by atoms with Gasteiger partial charge in [0.05, 0.1) is 0 Å². The number of rotatable bonds is 0. The summed E-state index contributed by atoms with van der Waals surface area (Å²) in [5.41, 5.74) is 0. The zero-order valence-electron chi connectivity index (χ0n) is 12.6. The Morgan fingerprint density at radius 3 is 0.864 bits per heavy atom. The maximum atomic E-state index is 8.49. The molecule has 0 saturated heterocycles. The van der Waals surface area contributed by atoms with E-state index in [1.165, 1.54) is 51.4 Å².